The van der Waals surface area contributed by atoms with Crippen LogP contribution < -0.4 is 21.3 Å². The fraction of sp³-hybridized carbons (Fsp3) is 0.190. The number of carbonyl (C=O) groups excluding carboxylic acids is 2. The minimum atomic E-state index is -0.497. The number of carbonyl (C=O) groups is 2. The van der Waals surface area contributed by atoms with Crippen molar-refractivity contribution in [1.82, 2.24) is 15.6 Å². The molecule has 0 saturated heterocycles. The standard InChI is InChI=1S/C21H21N5O4S2/c1-2-3-6-13-11-14(23-20(31)25-18(27)15-7-4-9-29-15)17(22-12-13)24-21(32)26-19(28)16-8-5-10-30-16/h4-5,7-12H,2-3,6H2,1H3,(H2,23,25,27,31)(H2,22,24,26,28,32). The number of hydrogen-bond donors (Lipinski definition) is 4. The van der Waals surface area contributed by atoms with Gasteiger partial charge < -0.3 is 19.5 Å². The summed E-state index contributed by atoms with van der Waals surface area (Å²) in [6, 6.07) is 8.10. The molecule has 166 valence electrons. The second-order valence-electron chi connectivity index (χ2n) is 6.61. The summed E-state index contributed by atoms with van der Waals surface area (Å²) in [5, 5.41) is 10.9. The van der Waals surface area contributed by atoms with Gasteiger partial charge in [0.1, 0.15) is 0 Å². The van der Waals surface area contributed by atoms with Crippen molar-refractivity contribution in [3.05, 3.63) is 66.1 Å². The summed E-state index contributed by atoms with van der Waals surface area (Å²) < 4.78 is 10.1. The Labute approximate surface area is 195 Å². The van der Waals surface area contributed by atoms with Crippen LogP contribution >= 0.6 is 24.4 Å². The first kappa shape index (κ1) is 23.1. The SMILES string of the molecule is CCCCc1cnc(NC(=S)NC(=O)c2ccco2)c(NC(=S)NC(=O)c2ccco2)c1. The number of nitrogens with one attached hydrogen (secondary N) is 4. The Morgan fingerprint density at radius 2 is 1.56 bits per heavy atom. The maximum atomic E-state index is 12.2. The molecule has 32 heavy (non-hydrogen) atoms. The van der Waals surface area contributed by atoms with E-state index < -0.39 is 11.8 Å². The minimum absolute atomic E-state index is 0.0220. The first-order valence-electron chi connectivity index (χ1n) is 9.77. The van der Waals surface area contributed by atoms with Gasteiger partial charge >= 0.3 is 0 Å². The van der Waals surface area contributed by atoms with Crippen LogP contribution in [0.4, 0.5) is 11.5 Å². The van der Waals surface area contributed by atoms with Crippen LogP contribution in [-0.4, -0.2) is 27.0 Å². The lowest BCUT2D eigenvalue weighted by molar-refractivity contribution is 0.0943. The van der Waals surface area contributed by atoms with Gasteiger partial charge in [-0.3, -0.25) is 20.2 Å². The topological polar surface area (TPSA) is 121 Å². The van der Waals surface area contributed by atoms with Gasteiger partial charge in [-0.15, -0.1) is 0 Å². The molecule has 0 bridgehead atoms. The van der Waals surface area contributed by atoms with Crippen LogP contribution in [0.1, 0.15) is 46.4 Å². The van der Waals surface area contributed by atoms with Gasteiger partial charge in [0.15, 0.2) is 27.6 Å². The monoisotopic (exact) mass is 471 g/mol. The Morgan fingerprint density at radius 1 is 0.969 bits per heavy atom. The van der Waals surface area contributed by atoms with Crippen molar-refractivity contribution >= 4 is 58.0 Å². The van der Waals surface area contributed by atoms with E-state index in [0.29, 0.717) is 11.5 Å². The van der Waals surface area contributed by atoms with Crippen molar-refractivity contribution in [3.8, 4) is 0 Å². The molecule has 0 aliphatic heterocycles. The molecule has 0 aliphatic rings. The zero-order valence-corrected chi connectivity index (χ0v) is 18.8. The van der Waals surface area contributed by atoms with Crippen LogP contribution in [0.25, 0.3) is 0 Å². The van der Waals surface area contributed by atoms with Gasteiger partial charge in [-0.25, -0.2) is 4.98 Å². The first-order valence-corrected chi connectivity index (χ1v) is 10.6. The van der Waals surface area contributed by atoms with E-state index >= 15 is 0 Å². The maximum absolute atomic E-state index is 12.2. The number of amides is 2. The number of hydrogen-bond acceptors (Lipinski definition) is 7. The molecule has 3 aromatic heterocycles. The number of furan rings is 2. The van der Waals surface area contributed by atoms with Crippen LogP contribution in [0.2, 0.25) is 0 Å². The molecule has 4 N–H and O–H groups in total. The van der Waals surface area contributed by atoms with Crippen molar-refractivity contribution in [2.45, 2.75) is 26.2 Å². The second-order valence-corrected chi connectivity index (χ2v) is 7.43. The Hall–Kier alpha value is -3.57. The summed E-state index contributed by atoms with van der Waals surface area (Å²) in [6.45, 7) is 2.10. The van der Waals surface area contributed by atoms with Crippen molar-refractivity contribution in [3.63, 3.8) is 0 Å². The van der Waals surface area contributed by atoms with Gasteiger partial charge in [-0.2, -0.15) is 0 Å². The normalized spacial score (nSPS) is 10.3. The molecule has 0 aromatic carbocycles. The van der Waals surface area contributed by atoms with Gasteiger partial charge in [0.2, 0.25) is 0 Å². The fourth-order valence-electron chi connectivity index (χ4n) is 2.66. The minimum Gasteiger partial charge on any atom is -0.459 e. The highest BCUT2D eigenvalue weighted by atomic mass is 32.1. The Kier molecular flexibility index (Phi) is 8.06. The van der Waals surface area contributed by atoms with Gasteiger partial charge in [-0.05, 0) is 73.2 Å². The smallest absolute Gasteiger partial charge is 0.293 e. The average Bonchev–Trinajstić information content (AvgIpc) is 3.48. The molecule has 0 spiro atoms. The third-order valence-corrected chi connectivity index (χ3v) is 4.60. The molecular formula is C21H21N5O4S2. The van der Waals surface area contributed by atoms with E-state index in [-0.39, 0.29) is 21.7 Å². The van der Waals surface area contributed by atoms with Gasteiger partial charge in [0, 0.05) is 6.20 Å². The van der Waals surface area contributed by atoms with E-state index in [2.05, 4.69) is 33.2 Å². The van der Waals surface area contributed by atoms with E-state index in [1.54, 1.807) is 18.3 Å². The van der Waals surface area contributed by atoms with Crippen LogP contribution in [0.3, 0.4) is 0 Å². The second kappa shape index (κ2) is 11.2. The quantitative estimate of drug-likeness (QED) is 0.381. The third kappa shape index (κ3) is 6.46. The number of thiocarbonyl (C=S) groups is 2. The molecule has 3 aromatic rings. The fourth-order valence-corrected chi connectivity index (χ4v) is 3.05. The maximum Gasteiger partial charge on any atom is 0.293 e. The molecule has 0 aliphatic carbocycles. The first-order chi connectivity index (χ1) is 15.5. The molecule has 0 atom stereocenters. The predicted molar refractivity (Wildman–Crippen MR) is 128 cm³/mol. The number of aryl methyl sites for hydroxylation is 1. The summed E-state index contributed by atoms with van der Waals surface area (Å²) in [5.74, 6) is -0.410. The molecule has 0 unspecified atom stereocenters. The average molecular weight is 472 g/mol. The van der Waals surface area contributed by atoms with Gasteiger partial charge in [-0.1, -0.05) is 13.3 Å². The highest BCUT2D eigenvalue weighted by molar-refractivity contribution is 7.80. The molecule has 0 saturated carbocycles. The lowest BCUT2D eigenvalue weighted by atomic mass is 10.1. The molecule has 3 rings (SSSR count). The molecule has 11 heteroatoms. The van der Waals surface area contributed by atoms with E-state index in [1.165, 1.54) is 24.7 Å². The van der Waals surface area contributed by atoms with Crippen LogP contribution in [-0.2, 0) is 6.42 Å². The van der Waals surface area contributed by atoms with E-state index in [9.17, 15) is 9.59 Å². The van der Waals surface area contributed by atoms with Gasteiger partial charge in [0.25, 0.3) is 11.8 Å². The molecule has 3 heterocycles. The van der Waals surface area contributed by atoms with E-state index in [0.717, 1.165) is 24.8 Å². The van der Waals surface area contributed by atoms with Crippen LogP contribution in [0, 0.1) is 0 Å². The Morgan fingerprint density at radius 3 is 2.09 bits per heavy atom. The number of anilines is 2. The Bertz CT molecular complexity index is 1100. The number of pyridine rings is 1. The lowest BCUT2D eigenvalue weighted by Gasteiger charge is -2.16. The lowest BCUT2D eigenvalue weighted by Crippen LogP contribution is -2.36. The molecule has 0 radical (unpaired) electrons. The highest BCUT2D eigenvalue weighted by Gasteiger charge is 2.15. The molecular weight excluding hydrogens is 450 g/mol. The third-order valence-electron chi connectivity index (χ3n) is 4.19. The van der Waals surface area contributed by atoms with E-state index in [4.69, 9.17) is 33.3 Å². The number of rotatable bonds is 7. The van der Waals surface area contributed by atoms with Crippen LogP contribution in [0.5, 0.6) is 0 Å². The van der Waals surface area contributed by atoms with Crippen molar-refractivity contribution < 1.29 is 18.4 Å². The summed E-state index contributed by atoms with van der Waals surface area (Å²) in [7, 11) is 0. The zero-order valence-electron chi connectivity index (χ0n) is 17.1. The van der Waals surface area contributed by atoms with Crippen molar-refractivity contribution in [2.75, 3.05) is 10.6 Å². The van der Waals surface area contributed by atoms with Crippen LogP contribution in [0.15, 0.2) is 57.9 Å². The van der Waals surface area contributed by atoms with Gasteiger partial charge in [0.05, 0.1) is 18.2 Å². The van der Waals surface area contributed by atoms with E-state index in [1.807, 2.05) is 6.07 Å². The summed E-state index contributed by atoms with van der Waals surface area (Å²) >= 11 is 10.5. The summed E-state index contributed by atoms with van der Waals surface area (Å²) in [5.41, 5.74) is 1.46. The summed E-state index contributed by atoms with van der Waals surface area (Å²) in [6.07, 6.45) is 7.34. The number of nitrogens with zero attached hydrogens (tertiary/aromatic N) is 1. The molecule has 9 nitrogen and oxygen atoms in total. The molecule has 0 fully saturated rings. The largest absolute Gasteiger partial charge is 0.459 e. The number of unbranched alkanes of at least 4 members (excludes halogenated alkanes) is 1. The molecule has 2 amide bonds. The number of aromatic nitrogens is 1. The summed E-state index contributed by atoms with van der Waals surface area (Å²) in [4.78, 5) is 28.7. The zero-order chi connectivity index (χ0) is 22.9. The Balaban J connectivity index is 1.71. The predicted octanol–water partition coefficient (Wildman–Crippen LogP) is 3.86. The highest BCUT2D eigenvalue weighted by Crippen LogP contribution is 2.21. The van der Waals surface area contributed by atoms with Crippen molar-refractivity contribution in [1.29, 1.82) is 0 Å². The van der Waals surface area contributed by atoms with Crippen molar-refractivity contribution in [2.24, 2.45) is 0 Å².